The third-order valence-corrected chi connectivity index (χ3v) is 5.59. The summed E-state index contributed by atoms with van der Waals surface area (Å²) < 4.78 is 25.8. The van der Waals surface area contributed by atoms with Crippen molar-refractivity contribution in [1.29, 1.82) is 0 Å². The van der Waals surface area contributed by atoms with Crippen molar-refractivity contribution in [3.05, 3.63) is 30.3 Å². The largest absolute Gasteiger partial charge is 0.313 e. The number of para-hydroxylation sites is 1. The molecule has 1 aliphatic rings. The summed E-state index contributed by atoms with van der Waals surface area (Å²) in [5.74, 6) is 0. The van der Waals surface area contributed by atoms with Crippen LogP contribution in [0.3, 0.4) is 0 Å². The lowest BCUT2D eigenvalue weighted by Crippen LogP contribution is -2.46. The molecule has 5 heteroatoms. The molecule has 0 aliphatic carbocycles. The molecule has 0 unspecified atom stereocenters. The molecule has 1 N–H and O–H groups in total. The SMILES string of the molecule is CC1(C)CNCCN(c2ccccc2)S1(=O)=O. The summed E-state index contributed by atoms with van der Waals surface area (Å²) in [6, 6.07) is 9.27. The van der Waals surface area contributed by atoms with E-state index >= 15 is 0 Å². The molecule has 2 rings (SSSR count). The lowest BCUT2D eigenvalue weighted by atomic mass is 10.2. The summed E-state index contributed by atoms with van der Waals surface area (Å²) in [7, 11) is -3.32. The lowest BCUT2D eigenvalue weighted by molar-refractivity contribution is 0.535. The van der Waals surface area contributed by atoms with E-state index in [1.165, 1.54) is 4.31 Å². The maximum absolute atomic E-state index is 12.5. The molecule has 0 aromatic heterocycles. The van der Waals surface area contributed by atoms with Gasteiger partial charge < -0.3 is 5.32 Å². The van der Waals surface area contributed by atoms with E-state index in [0.717, 1.165) is 5.69 Å². The number of nitrogens with one attached hydrogen (secondary N) is 1. The molecule has 1 saturated heterocycles. The van der Waals surface area contributed by atoms with Crippen LogP contribution in [0.25, 0.3) is 0 Å². The molecule has 1 aromatic carbocycles. The molecule has 94 valence electrons. The van der Waals surface area contributed by atoms with Crippen molar-refractivity contribution in [1.82, 2.24) is 5.32 Å². The highest BCUT2D eigenvalue weighted by Crippen LogP contribution is 2.27. The first kappa shape index (κ1) is 12.4. The number of hydrogen-bond acceptors (Lipinski definition) is 3. The number of benzene rings is 1. The standard InChI is InChI=1S/C12H18N2O2S/c1-12(2)10-13-8-9-14(17(12,15)16)11-6-4-3-5-7-11/h3-7,13H,8-10H2,1-2H3. The third-order valence-electron chi connectivity index (χ3n) is 3.08. The van der Waals surface area contributed by atoms with Crippen LogP contribution in [0.1, 0.15) is 13.8 Å². The summed E-state index contributed by atoms with van der Waals surface area (Å²) in [4.78, 5) is 0. The van der Waals surface area contributed by atoms with E-state index in [4.69, 9.17) is 0 Å². The number of sulfonamides is 1. The first-order valence-electron chi connectivity index (χ1n) is 5.73. The molecule has 0 saturated carbocycles. The highest BCUT2D eigenvalue weighted by Gasteiger charge is 2.40. The maximum atomic E-state index is 12.5. The zero-order valence-electron chi connectivity index (χ0n) is 10.2. The summed E-state index contributed by atoms with van der Waals surface area (Å²) in [6.45, 7) is 5.17. The van der Waals surface area contributed by atoms with Gasteiger partial charge in [0.2, 0.25) is 10.0 Å². The van der Waals surface area contributed by atoms with Crippen LogP contribution in [-0.2, 0) is 10.0 Å². The minimum atomic E-state index is -3.32. The van der Waals surface area contributed by atoms with Crippen LogP contribution in [-0.4, -0.2) is 32.8 Å². The van der Waals surface area contributed by atoms with Gasteiger partial charge in [-0.3, -0.25) is 4.31 Å². The molecule has 0 atom stereocenters. The smallest absolute Gasteiger partial charge is 0.241 e. The van der Waals surface area contributed by atoms with Gasteiger partial charge in [-0.15, -0.1) is 0 Å². The Morgan fingerprint density at radius 2 is 1.88 bits per heavy atom. The van der Waals surface area contributed by atoms with Gasteiger partial charge in [-0.2, -0.15) is 0 Å². The van der Waals surface area contributed by atoms with Gasteiger partial charge in [0.05, 0.1) is 10.4 Å². The quantitative estimate of drug-likeness (QED) is 0.819. The van der Waals surface area contributed by atoms with Crippen molar-refractivity contribution in [2.24, 2.45) is 0 Å². The Morgan fingerprint density at radius 1 is 1.24 bits per heavy atom. The summed E-state index contributed by atoms with van der Waals surface area (Å²) in [5, 5.41) is 3.17. The average Bonchev–Trinajstić information content (AvgIpc) is 2.38. The molecule has 1 fully saturated rings. The van der Waals surface area contributed by atoms with E-state index in [1.54, 1.807) is 13.8 Å². The molecule has 1 aliphatic heterocycles. The van der Waals surface area contributed by atoms with Crippen molar-refractivity contribution in [2.75, 3.05) is 23.9 Å². The summed E-state index contributed by atoms with van der Waals surface area (Å²) in [6.07, 6.45) is 0. The Labute approximate surface area is 103 Å². The fraction of sp³-hybridized carbons (Fsp3) is 0.500. The minimum Gasteiger partial charge on any atom is -0.313 e. The highest BCUT2D eigenvalue weighted by atomic mass is 32.2. The van der Waals surface area contributed by atoms with Crippen molar-refractivity contribution in [2.45, 2.75) is 18.6 Å². The Bertz CT molecular complexity index is 482. The van der Waals surface area contributed by atoms with Crippen molar-refractivity contribution < 1.29 is 8.42 Å². The van der Waals surface area contributed by atoms with Crippen LogP contribution in [0, 0.1) is 0 Å². The highest BCUT2D eigenvalue weighted by molar-refractivity contribution is 7.94. The second-order valence-corrected chi connectivity index (χ2v) is 7.35. The van der Waals surface area contributed by atoms with E-state index in [0.29, 0.717) is 19.6 Å². The van der Waals surface area contributed by atoms with Gasteiger partial charge in [0.15, 0.2) is 0 Å². The van der Waals surface area contributed by atoms with Gasteiger partial charge in [0, 0.05) is 19.6 Å². The summed E-state index contributed by atoms with van der Waals surface area (Å²) >= 11 is 0. The van der Waals surface area contributed by atoms with Crippen molar-refractivity contribution >= 4 is 15.7 Å². The van der Waals surface area contributed by atoms with Crippen LogP contribution in [0.15, 0.2) is 30.3 Å². The molecule has 1 aromatic rings. The zero-order chi connectivity index (χ0) is 12.5. The number of anilines is 1. The summed E-state index contributed by atoms with van der Waals surface area (Å²) in [5.41, 5.74) is 0.740. The van der Waals surface area contributed by atoms with E-state index in [9.17, 15) is 8.42 Å². The monoisotopic (exact) mass is 254 g/mol. The van der Waals surface area contributed by atoms with Gasteiger partial charge in [0.1, 0.15) is 0 Å². The van der Waals surface area contributed by atoms with Crippen LogP contribution in [0.5, 0.6) is 0 Å². The Kier molecular flexibility index (Phi) is 3.14. The zero-order valence-corrected chi connectivity index (χ0v) is 11.0. The Balaban J connectivity index is 2.46. The predicted octanol–water partition coefficient (Wildman–Crippen LogP) is 1.20. The van der Waals surface area contributed by atoms with Gasteiger partial charge in [-0.1, -0.05) is 18.2 Å². The molecule has 1 heterocycles. The topological polar surface area (TPSA) is 49.4 Å². The van der Waals surface area contributed by atoms with E-state index in [2.05, 4.69) is 5.32 Å². The predicted molar refractivity (Wildman–Crippen MR) is 69.7 cm³/mol. The normalized spacial score (nSPS) is 23.1. The number of rotatable bonds is 1. The minimum absolute atomic E-state index is 0.482. The molecule has 0 bridgehead atoms. The number of hydrogen-bond donors (Lipinski definition) is 1. The van der Waals surface area contributed by atoms with Gasteiger partial charge >= 0.3 is 0 Å². The van der Waals surface area contributed by atoms with E-state index < -0.39 is 14.8 Å². The Hall–Kier alpha value is -1.07. The molecule has 0 amide bonds. The van der Waals surface area contributed by atoms with Crippen LogP contribution < -0.4 is 9.62 Å². The molecule has 0 spiro atoms. The fourth-order valence-corrected chi connectivity index (χ4v) is 3.55. The first-order chi connectivity index (χ1) is 7.95. The molecular formula is C12H18N2O2S. The molecule has 0 radical (unpaired) electrons. The average molecular weight is 254 g/mol. The van der Waals surface area contributed by atoms with Crippen LogP contribution >= 0.6 is 0 Å². The second-order valence-electron chi connectivity index (χ2n) is 4.85. The van der Waals surface area contributed by atoms with E-state index in [-0.39, 0.29) is 0 Å². The van der Waals surface area contributed by atoms with Crippen molar-refractivity contribution in [3.8, 4) is 0 Å². The second kappa shape index (κ2) is 4.31. The van der Waals surface area contributed by atoms with Gasteiger partial charge in [0.25, 0.3) is 0 Å². The lowest BCUT2D eigenvalue weighted by Gasteiger charge is -2.30. The van der Waals surface area contributed by atoms with Crippen molar-refractivity contribution in [3.63, 3.8) is 0 Å². The maximum Gasteiger partial charge on any atom is 0.241 e. The fourth-order valence-electron chi connectivity index (χ4n) is 1.94. The molecule has 4 nitrogen and oxygen atoms in total. The van der Waals surface area contributed by atoms with Gasteiger partial charge in [-0.25, -0.2) is 8.42 Å². The van der Waals surface area contributed by atoms with Gasteiger partial charge in [-0.05, 0) is 26.0 Å². The Morgan fingerprint density at radius 3 is 2.53 bits per heavy atom. The number of nitrogens with zero attached hydrogens (tertiary/aromatic N) is 1. The molecule has 17 heavy (non-hydrogen) atoms. The first-order valence-corrected chi connectivity index (χ1v) is 7.17. The molecular weight excluding hydrogens is 236 g/mol. The van der Waals surface area contributed by atoms with Crippen LogP contribution in [0.2, 0.25) is 0 Å². The van der Waals surface area contributed by atoms with Crippen LogP contribution in [0.4, 0.5) is 5.69 Å². The third kappa shape index (κ3) is 2.17. The van der Waals surface area contributed by atoms with E-state index in [1.807, 2.05) is 30.3 Å².